The number of piperidine rings is 1. The molecule has 4 rings (SSSR count). The van der Waals surface area contributed by atoms with E-state index in [0.717, 1.165) is 42.6 Å². The molecule has 6 nitrogen and oxygen atoms in total. The van der Waals surface area contributed by atoms with Crippen molar-refractivity contribution in [1.82, 2.24) is 19.6 Å². The maximum Gasteiger partial charge on any atom is 0.254 e. The second-order valence-corrected chi connectivity index (χ2v) is 8.40. The summed E-state index contributed by atoms with van der Waals surface area (Å²) >= 11 is 0. The van der Waals surface area contributed by atoms with Crippen LogP contribution in [0.15, 0.2) is 67.0 Å². The van der Waals surface area contributed by atoms with Crippen molar-refractivity contribution in [1.29, 1.82) is 0 Å². The fourth-order valence-electron chi connectivity index (χ4n) is 4.31. The van der Waals surface area contributed by atoms with Crippen molar-refractivity contribution in [2.24, 2.45) is 0 Å². The SMILES string of the molecule is CCCN(C(=O)c1ccc(-n2cc(C)cn2)cc1)C1CCN(C(=O)c2ccccc2)CC1. The van der Waals surface area contributed by atoms with Gasteiger partial charge >= 0.3 is 0 Å². The van der Waals surface area contributed by atoms with Gasteiger partial charge in [-0.2, -0.15) is 5.10 Å². The number of rotatable bonds is 6. The Morgan fingerprint density at radius 3 is 2.28 bits per heavy atom. The quantitative estimate of drug-likeness (QED) is 0.585. The molecule has 0 aliphatic carbocycles. The second-order valence-electron chi connectivity index (χ2n) is 8.40. The first kappa shape index (κ1) is 21.8. The summed E-state index contributed by atoms with van der Waals surface area (Å²) in [5.74, 6) is 0.129. The van der Waals surface area contributed by atoms with E-state index in [4.69, 9.17) is 0 Å². The first-order chi connectivity index (χ1) is 15.6. The van der Waals surface area contributed by atoms with Crippen molar-refractivity contribution < 1.29 is 9.59 Å². The monoisotopic (exact) mass is 430 g/mol. The zero-order valence-electron chi connectivity index (χ0n) is 18.8. The van der Waals surface area contributed by atoms with Crippen molar-refractivity contribution in [2.45, 2.75) is 39.2 Å². The Hall–Kier alpha value is -3.41. The third kappa shape index (κ3) is 4.74. The molecule has 0 radical (unpaired) electrons. The number of aromatic nitrogens is 2. The molecule has 6 heteroatoms. The molecule has 1 aromatic heterocycles. The molecule has 1 fully saturated rings. The van der Waals surface area contributed by atoms with Gasteiger partial charge in [0, 0.05) is 43.0 Å². The third-order valence-corrected chi connectivity index (χ3v) is 6.03. The van der Waals surface area contributed by atoms with Crippen LogP contribution in [0.3, 0.4) is 0 Å². The van der Waals surface area contributed by atoms with E-state index in [1.54, 1.807) is 0 Å². The Labute approximate surface area is 189 Å². The number of carbonyl (C=O) groups is 2. The number of amides is 2. The van der Waals surface area contributed by atoms with Crippen LogP contribution in [0.4, 0.5) is 0 Å². The van der Waals surface area contributed by atoms with E-state index < -0.39 is 0 Å². The molecule has 2 aromatic carbocycles. The topological polar surface area (TPSA) is 58.4 Å². The molecule has 0 atom stereocenters. The van der Waals surface area contributed by atoms with Crippen molar-refractivity contribution in [3.05, 3.63) is 83.7 Å². The van der Waals surface area contributed by atoms with Gasteiger partial charge in [-0.05, 0) is 68.1 Å². The minimum Gasteiger partial charge on any atom is -0.338 e. The molecule has 0 bridgehead atoms. The van der Waals surface area contributed by atoms with Gasteiger partial charge in [0.05, 0.1) is 11.9 Å². The summed E-state index contributed by atoms with van der Waals surface area (Å²) in [5, 5.41) is 4.33. The number of nitrogens with zero attached hydrogens (tertiary/aromatic N) is 4. The predicted octanol–water partition coefficient (Wildman–Crippen LogP) is 4.34. The first-order valence-corrected chi connectivity index (χ1v) is 11.3. The molecule has 3 aromatic rings. The predicted molar refractivity (Wildman–Crippen MR) is 125 cm³/mol. The summed E-state index contributed by atoms with van der Waals surface area (Å²) in [5.41, 5.74) is 3.44. The molecule has 2 heterocycles. The van der Waals surface area contributed by atoms with Crippen LogP contribution >= 0.6 is 0 Å². The van der Waals surface area contributed by atoms with E-state index in [-0.39, 0.29) is 17.9 Å². The number of likely N-dealkylation sites (tertiary alicyclic amines) is 1. The van der Waals surface area contributed by atoms with E-state index in [1.807, 2.05) is 88.4 Å². The second kappa shape index (κ2) is 9.81. The Balaban J connectivity index is 1.42. The van der Waals surface area contributed by atoms with Crippen LogP contribution in [0.1, 0.15) is 52.5 Å². The Morgan fingerprint density at radius 1 is 1.00 bits per heavy atom. The lowest BCUT2D eigenvalue weighted by molar-refractivity contribution is 0.0519. The van der Waals surface area contributed by atoms with E-state index >= 15 is 0 Å². The lowest BCUT2D eigenvalue weighted by Gasteiger charge is -2.38. The van der Waals surface area contributed by atoms with Crippen LogP contribution < -0.4 is 0 Å². The van der Waals surface area contributed by atoms with Crippen LogP contribution in [0.25, 0.3) is 5.69 Å². The Morgan fingerprint density at radius 2 is 1.69 bits per heavy atom. The van der Waals surface area contributed by atoms with Gasteiger partial charge in [-0.1, -0.05) is 25.1 Å². The summed E-state index contributed by atoms with van der Waals surface area (Å²) < 4.78 is 1.81. The van der Waals surface area contributed by atoms with Gasteiger partial charge in [0.15, 0.2) is 0 Å². The molecular formula is C26H30N4O2. The van der Waals surface area contributed by atoms with Crippen molar-refractivity contribution in [3.63, 3.8) is 0 Å². The molecule has 0 spiro atoms. The third-order valence-electron chi connectivity index (χ3n) is 6.03. The van der Waals surface area contributed by atoms with Crippen LogP contribution in [0.5, 0.6) is 0 Å². The molecule has 0 N–H and O–H groups in total. The number of hydrogen-bond acceptors (Lipinski definition) is 3. The van der Waals surface area contributed by atoms with Crippen LogP contribution in [0.2, 0.25) is 0 Å². The lowest BCUT2D eigenvalue weighted by Crippen LogP contribution is -2.49. The number of carbonyl (C=O) groups excluding carboxylic acids is 2. The zero-order chi connectivity index (χ0) is 22.5. The minimum atomic E-state index is 0.0582. The highest BCUT2D eigenvalue weighted by Gasteiger charge is 2.30. The summed E-state index contributed by atoms with van der Waals surface area (Å²) in [7, 11) is 0. The Kier molecular flexibility index (Phi) is 6.69. The van der Waals surface area contributed by atoms with Crippen LogP contribution in [-0.2, 0) is 0 Å². The van der Waals surface area contributed by atoms with E-state index in [2.05, 4.69) is 12.0 Å². The average molecular weight is 431 g/mol. The largest absolute Gasteiger partial charge is 0.338 e. The summed E-state index contributed by atoms with van der Waals surface area (Å²) in [6.45, 7) is 6.16. The number of benzene rings is 2. The normalized spacial score (nSPS) is 14.4. The standard InChI is InChI=1S/C26H30N4O2/c1-3-15-29(23-13-16-28(17-14-23)25(31)21-7-5-4-6-8-21)26(32)22-9-11-24(12-10-22)30-19-20(2)18-27-30/h4-12,18-19,23H,3,13-17H2,1-2H3. The van der Waals surface area contributed by atoms with Gasteiger partial charge < -0.3 is 9.80 Å². The number of hydrogen-bond donors (Lipinski definition) is 0. The van der Waals surface area contributed by atoms with Crippen LogP contribution in [-0.4, -0.2) is 57.1 Å². The molecule has 1 saturated heterocycles. The molecule has 2 amide bonds. The summed E-state index contributed by atoms with van der Waals surface area (Å²) in [6.07, 6.45) is 6.28. The fraction of sp³-hybridized carbons (Fsp3) is 0.346. The smallest absolute Gasteiger partial charge is 0.254 e. The molecule has 166 valence electrons. The van der Waals surface area contributed by atoms with Gasteiger partial charge in [0.2, 0.25) is 0 Å². The first-order valence-electron chi connectivity index (χ1n) is 11.3. The van der Waals surface area contributed by atoms with E-state index in [9.17, 15) is 9.59 Å². The molecule has 32 heavy (non-hydrogen) atoms. The maximum atomic E-state index is 13.3. The molecule has 1 aliphatic heterocycles. The van der Waals surface area contributed by atoms with E-state index in [0.29, 0.717) is 18.7 Å². The highest BCUT2D eigenvalue weighted by molar-refractivity contribution is 5.95. The molecule has 1 aliphatic rings. The Bertz CT molecular complexity index is 1050. The van der Waals surface area contributed by atoms with Gasteiger partial charge in [-0.3, -0.25) is 9.59 Å². The van der Waals surface area contributed by atoms with Gasteiger partial charge in [-0.25, -0.2) is 4.68 Å². The van der Waals surface area contributed by atoms with Crippen molar-refractivity contribution in [3.8, 4) is 5.69 Å². The van der Waals surface area contributed by atoms with Gasteiger partial charge in [0.1, 0.15) is 0 Å². The lowest BCUT2D eigenvalue weighted by atomic mass is 10.0. The minimum absolute atomic E-state index is 0.0582. The number of aryl methyl sites for hydroxylation is 1. The van der Waals surface area contributed by atoms with Crippen LogP contribution in [0, 0.1) is 6.92 Å². The zero-order valence-corrected chi connectivity index (χ0v) is 18.8. The van der Waals surface area contributed by atoms with E-state index in [1.165, 1.54) is 0 Å². The molecule has 0 unspecified atom stereocenters. The van der Waals surface area contributed by atoms with Crippen molar-refractivity contribution in [2.75, 3.05) is 19.6 Å². The maximum absolute atomic E-state index is 13.3. The molecule has 0 saturated carbocycles. The highest BCUT2D eigenvalue weighted by Crippen LogP contribution is 2.22. The van der Waals surface area contributed by atoms with Gasteiger partial charge in [0.25, 0.3) is 11.8 Å². The molecular weight excluding hydrogens is 400 g/mol. The van der Waals surface area contributed by atoms with Gasteiger partial charge in [-0.15, -0.1) is 0 Å². The summed E-state index contributed by atoms with van der Waals surface area (Å²) in [4.78, 5) is 30.0. The average Bonchev–Trinajstić information content (AvgIpc) is 3.29. The van der Waals surface area contributed by atoms with Crippen molar-refractivity contribution >= 4 is 11.8 Å². The summed E-state index contributed by atoms with van der Waals surface area (Å²) in [6, 6.07) is 17.2. The highest BCUT2D eigenvalue weighted by atomic mass is 16.2. The fourth-order valence-corrected chi connectivity index (χ4v) is 4.31.